The molecule has 2 nitrogen and oxygen atoms in total. The maximum Gasteiger partial charge on any atom is 0.122 e. The molecule has 0 amide bonds. The number of nitrogens with one attached hydrogen (secondary N) is 1. The van der Waals surface area contributed by atoms with Crippen LogP contribution in [0.3, 0.4) is 0 Å². The summed E-state index contributed by atoms with van der Waals surface area (Å²) in [6.07, 6.45) is 4.97. The van der Waals surface area contributed by atoms with E-state index >= 15 is 0 Å². The molecule has 1 aliphatic carbocycles. The van der Waals surface area contributed by atoms with Gasteiger partial charge in [0.25, 0.3) is 0 Å². The molecule has 1 aromatic rings. The second-order valence-electron chi connectivity index (χ2n) is 4.52. The Morgan fingerprint density at radius 2 is 2.27 bits per heavy atom. The first-order chi connectivity index (χ1) is 7.42. The molecule has 80 valence electrons. The monoisotopic (exact) mass is 203 g/mol. The Morgan fingerprint density at radius 1 is 1.33 bits per heavy atom. The Labute approximate surface area is 90.6 Å². The number of benzene rings is 1. The molecule has 3 rings (SSSR count). The zero-order chi connectivity index (χ0) is 10.1. The fraction of sp³-hybridized carbons (Fsp3) is 0.538. The minimum Gasteiger partial charge on any atom is -0.493 e. The molecule has 0 radical (unpaired) electrons. The lowest BCUT2D eigenvalue weighted by Gasteiger charge is -2.05. The molecule has 15 heavy (non-hydrogen) atoms. The van der Waals surface area contributed by atoms with E-state index in [-0.39, 0.29) is 0 Å². The fourth-order valence-electron chi connectivity index (χ4n) is 2.10. The SMILES string of the molecule is c1cc2c(cc1CCNC1CC1)CCO2. The summed E-state index contributed by atoms with van der Waals surface area (Å²) in [5.41, 5.74) is 2.83. The highest BCUT2D eigenvalue weighted by molar-refractivity contribution is 5.39. The summed E-state index contributed by atoms with van der Waals surface area (Å²) in [5, 5.41) is 3.54. The average Bonchev–Trinajstić information content (AvgIpc) is 2.95. The van der Waals surface area contributed by atoms with Crippen LogP contribution in [-0.4, -0.2) is 19.2 Å². The van der Waals surface area contributed by atoms with Crippen LogP contribution in [0.5, 0.6) is 5.75 Å². The molecule has 0 bridgehead atoms. The van der Waals surface area contributed by atoms with Gasteiger partial charge in [-0.25, -0.2) is 0 Å². The van der Waals surface area contributed by atoms with Crippen molar-refractivity contribution in [2.45, 2.75) is 31.7 Å². The molecule has 1 aliphatic heterocycles. The van der Waals surface area contributed by atoms with E-state index in [2.05, 4.69) is 23.5 Å². The van der Waals surface area contributed by atoms with Crippen LogP contribution in [0, 0.1) is 0 Å². The molecule has 0 saturated heterocycles. The van der Waals surface area contributed by atoms with E-state index in [9.17, 15) is 0 Å². The lowest BCUT2D eigenvalue weighted by atomic mass is 10.1. The van der Waals surface area contributed by atoms with Gasteiger partial charge in [-0.2, -0.15) is 0 Å². The predicted octanol–water partition coefficient (Wildman–Crippen LogP) is 1.92. The Kier molecular flexibility index (Phi) is 2.37. The third-order valence-electron chi connectivity index (χ3n) is 3.18. The van der Waals surface area contributed by atoms with Gasteiger partial charge in [-0.3, -0.25) is 0 Å². The van der Waals surface area contributed by atoms with Gasteiger partial charge in [0.1, 0.15) is 5.75 Å². The van der Waals surface area contributed by atoms with Gasteiger partial charge in [0.05, 0.1) is 6.61 Å². The molecule has 1 N–H and O–H groups in total. The third kappa shape index (κ3) is 2.15. The summed E-state index contributed by atoms with van der Waals surface area (Å²) in [4.78, 5) is 0. The number of hydrogen-bond donors (Lipinski definition) is 1. The van der Waals surface area contributed by atoms with Crippen molar-refractivity contribution >= 4 is 0 Å². The normalized spacial score (nSPS) is 18.7. The summed E-state index contributed by atoms with van der Waals surface area (Å²) in [6, 6.07) is 7.44. The molecule has 1 aromatic carbocycles. The number of rotatable bonds is 4. The van der Waals surface area contributed by atoms with E-state index in [1.54, 1.807) is 0 Å². The highest BCUT2D eigenvalue weighted by atomic mass is 16.5. The molecule has 2 heteroatoms. The summed E-state index contributed by atoms with van der Waals surface area (Å²) < 4.78 is 5.49. The van der Waals surface area contributed by atoms with Crippen LogP contribution in [0.2, 0.25) is 0 Å². The predicted molar refractivity (Wildman–Crippen MR) is 60.4 cm³/mol. The standard InChI is InChI=1S/C13H17NO/c1-4-13-11(6-8-15-13)9-10(1)5-7-14-12-2-3-12/h1,4,9,12,14H,2-3,5-8H2. The van der Waals surface area contributed by atoms with Crippen molar-refractivity contribution in [3.63, 3.8) is 0 Å². The molecular weight excluding hydrogens is 186 g/mol. The molecular formula is C13H17NO. The zero-order valence-electron chi connectivity index (χ0n) is 8.96. The van der Waals surface area contributed by atoms with Crippen LogP contribution in [0.4, 0.5) is 0 Å². The number of hydrogen-bond acceptors (Lipinski definition) is 2. The quantitative estimate of drug-likeness (QED) is 0.807. The highest BCUT2D eigenvalue weighted by Crippen LogP contribution is 2.26. The van der Waals surface area contributed by atoms with Gasteiger partial charge in [-0.1, -0.05) is 12.1 Å². The van der Waals surface area contributed by atoms with Crippen LogP contribution >= 0.6 is 0 Å². The second-order valence-corrected chi connectivity index (χ2v) is 4.52. The van der Waals surface area contributed by atoms with Crippen molar-refractivity contribution in [2.24, 2.45) is 0 Å². The van der Waals surface area contributed by atoms with Gasteiger partial charge < -0.3 is 10.1 Å². The summed E-state index contributed by atoms with van der Waals surface area (Å²) in [5.74, 6) is 1.09. The minimum atomic E-state index is 0.822. The molecule has 1 heterocycles. The largest absolute Gasteiger partial charge is 0.493 e. The van der Waals surface area contributed by atoms with Crippen LogP contribution in [0.1, 0.15) is 24.0 Å². The highest BCUT2D eigenvalue weighted by Gasteiger charge is 2.19. The summed E-state index contributed by atoms with van der Waals surface area (Å²) in [7, 11) is 0. The van der Waals surface area contributed by atoms with Gasteiger partial charge in [0.2, 0.25) is 0 Å². The first-order valence-electron chi connectivity index (χ1n) is 5.90. The van der Waals surface area contributed by atoms with Crippen molar-refractivity contribution in [1.82, 2.24) is 5.32 Å². The third-order valence-corrected chi connectivity index (χ3v) is 3.18. The minimum absolute atomic E-state index is 0.822. The van der Waals surface area contributed by atoms with Gasteiger partial charge in [0, 0.05) is 12.5 Å². The molecule has 1 fully saturated rings. The van der Waals surface area contributed by atoms with E-state index in [4.69, 9.17) is 4.74 Å². The Balaban J connectivity index is 1.59. The van der Waals surface area contributed by atoms with Crippen LogP contribution in [-0.2, 0) is 12.8 Å². The molecule has 1 saturated carbocycles. The molecule has 0 spiro atoms. The van der Waals surface area contributed by atoms with Crippen LogP contribution in [0.15, 0.2) is 18.2 Å². The molecule has 0 aromatic heterocycles. The van der Waals surface area contributed by atoms with E-state index in [1.165, 1.54) is 24.0 Å². The first kappa shape index (κ1) is 9.22. The molecule has 2 aliphatic rings. The van der Waals surface area contributed by atoms with E-state index in [0.29, 0.717) is 0 Å². The van der Waals surface area contributed by atoms with Gasteiger partial charge in [-0.15, -0.1) is 0 Å². The lowest BCUT2D eigenvalue weighted by molar-refractivity contribution is 0.357. The summed E-state index contributed by atoms with van der Waals surface area (Å²) >= 11 is 0. The Morgan fingerprint density at radius 3 is 3.13 bits per heavy atom. The maximum absolute atomic E-state index is 5.49. The van der Waals surface area contributed by atoms with Gasteiger partial charge in [-0.05, 0) is 43.0 Å². The molecule has 0 unspecified atom stereocenters. The number of fused-ring (bicyclic) bond motifs is 1. The smallest absolute Gasteiger partial charge is 0.122 e. The van der Waals surface area contributed by atoms with E-state index in [0.717, 1.165) is 37.8 Å². The Hall–Kier alpha value is -1.02. The summed E-state index contributed by atoms with van der Waals surface area (Å²) in [6.45, 7) is 1.98. The topological polar surface area (TPSA) is 21.3 Å². The zero-order valence-corrected chi connectivity index (χ0v) is 8.96. The second kappa shape index (κ2) is 3.86. The van der Waals surface area contributed by atoms with Crippen molar-refractivity contribution < 1.29 is 4.74 Å². The van der Waals surface area contributed by atoms with Gasteiger partial charge >= 0.3 is 0 Å². The first-order valence-corrected chi connectivity index (χ1v) is 5.90. The average molecular weight is 203 g/mol. The fourth-order valence-corrected chi connectivity index (χ4v) is 2.10. The number of ether oxygens (including phenoxy) is 1. The lowest BCUT2D eigenvalue weighted by Crippen LogP contribution is -2.19. The van der Waals surface area contributed by atoms with Crippen LogP contribution < -0.4 is 10.1 Å². The van der Waals surface area contributed by atoms with E-state index in [1.807, 2.05) is 0 Å². The molecule has 0 atom stereocenters. The van der Waals surface area contributed by atoms with Crippen molar-refractivity contribution in [2.75, 3.05) is 13.2 Å². The van der Waals surface area contributed by atoms with Crippen LogP contribution in [0.25, 0.3) is 0 Å². The van der Waals surface area contributed by atoms with E-state index < -0.39 is 0 Å². The van der Waals surface area contributed by atoms with Gasteiger partial charge in [0.15, 0.2) is 0 Å². The van der Waals surface area contributed by atoms with Crippen molar-refractivity contribution in [1.29, 1.82) is 0 Å². The maximum atomic E-state index is 5.49. The Bertz CT molecular complexity index is 358. The van der Waals surface area contributed by atoms with Crippen molar-refractivity contribution in [3.8, 4) is 5.75 Å². The van der Waals surface area contributed by atoms with Crippen molar-refractivity contribution in [3.05, 3.63) is 29.3 Å².